The van der Waals surface area contributed by atoms with E-state index in [1.54, 1.807) is 12.1 Å². The first-order valence-electron chi connectivity index (χ1n) is 10.2. The van der Waals surface area contributed by atoms with Gasteiger partial charge in [-0.2, -0.15) is 0 Å². The minimum absolute atomic E-state index is 0.0764. The van der Waals surface area contributed by atoms with Gasteiger partial charge in [-0.3, -0.25) is 9.59 Å². The highest BCUT2D eigenvalue weighted by Gasteiger charge is 2.18. The van der Waals surface area contributed by atoms with E-state index in [4.69, 9.17) is 0 Å². The molecule has 29 heavy (non-hydrogen) atoms. The minimum atomic E-state index is -0.158. The number of carbonyl (C=O) groups is 2. The van der Waals surface area contributed by atoms with Gasteiger partial charge in [-0.1, -0.05) is 44.2 Å². The summed E-state index contributed by atoms with van der Waals surface area (Å²) in [6.45, 7) is 6.13. The molecule has 1 heterocycles. The van der Waals surface area contributed by atoms with E-state index in [2.05, 4.69) is 24.1 Å². The maximum absolute atomic E-state index is 12.9. The second-order valence-electron chi connectivity index (χ2n) is 7.03. The van der Waals surface area contributed by atoms with E-state index < -0.39 is 0 Å². The van der Waals surface area contributed by atoms with Crippen LogP contribution in [-0.2, 0) is 17.9 Å². The minimum Gasteiger partial charge on any atom is -0.345 e. The molecule has 0 saturated carbocycles. The summed E-state index contributed by atoms with van der Waals surface area (Å²) in [5.41, 5.74) is 2.32. The van der Waals surface area contributed by atoms with Crippen LogP contribution < -0.4 is 5.32 Å². The number of para-hydroxylation sites is 2. The Morgan fingerprint density at radius 1 is 0.966 bits per heavy atom. The van der Waals surface area contributed by atoms with Crippen molar-refractivity contribution in [2.75, 3.05) is 13.1 Å². The van der Waals surface area contributed by atoms with Crippen LogP contribution in [0.1, 0.15) is 42.9 Å². The van der Waals surface area contributed by atoms with Gasteiger partial charge in [-0.25, -0.2) is 4.98 Å². The van der Waals surface area contributed by atoms with Gasteiger partial charge in [-0.15, -0.1) is 0 Å². The molecule has 0 aliphatic rings. The van der Waals surface area contributed by atoms with E-state index in [-0.39, 0.29) is 24.9 Å². The van der Waals surface area contributed by atoms with Crippen molar-refractivity contribution in [1.82, 2.24) is 19.8 Å². The SMILES string of the molecule is CCCN(CCC)C(=O)Cn1c(CNC(=O)c2ccccc2)nc2ccccc21. The maximum atomic E-state index is 12.9. The number of nitrogens with zero attached hydrogens (tertiary/aromatic N) is 3. The third-order valence-electron chi connectivity index (χ3n) is 4.81. The Morgan fingerprint density at radius 2 is 1.62 bits per heavy atom. The number of hydrogen-bond acceptors (Lipinski definition) is 3. The largest absolute Gasteiger partial charge is 0.345 e. The molecule has 0 aliphatic carbocycles. The average molecular weight is 393 g/mol. The third kappa shape index (κ3) is 5.02. The lowest BCUT2D eigenvalue weighted by Gasteiger charge is -2.22. The van der Waals surface area contributed by atoms with Crippen molar-refractivity contribution in [1.29, 1.82) is 0 Å². The van der Waals surface area contributed by atoms with Crippen LogP contribution in [0.15, 0.2) is 54.6 Å². The molecule has 0 spiro atoms. The average Bonchev–Trinajstić information content (AvgIpc) is 3.10. The highest BCUT2D eigenvalue weighted by molar-refractivity contribution is 5.94. The fourth-order valence-corrected chi connectivity index (χ4v) is 3.42. The fourth-order valence-electron chi connectivity index (χ4n) is 3.42. The van der Waals surface area contributed by atoms with Gasteiger partial charge in [-0.05, 0) is 37.1 Å². The topological polar surface area (TPSA) is 67.2 Å². The van der Waals surface area contributed by atoms with Crippen LogP contribution in [0.2, 0.25) is 0 Å². The zero-order valence-electron chi connectivity index (χ0n) is 17.1. The summed E-state index contributed by atoms with van der Waals surface area (Å²) >= 11 is 0. The Balaban J connectivity index is 1.82. The van der Waals surface area contributed by atoms with Crippen molar-refractivity contribution in [3.8, 4) is 0 Å². The standard InChI is InChI=1S/C23H28N4O2/c1-3-14-26(15-4-2)22(28)17-27-20-13-9-8-12-19(20)25-21(27)16-24-23(29)18-10-6-5-7-11-18/h5-13H,3-4,14-17H2,1-2H3,(H,24,29). The third-order valence-corrected chi connectivity index (χ3v) is 4.81. The molecule has 2 amide bonds. The van der Waals surface area contributed by atoms with Crippen LogP contribution in [0.3, 0.4) is 0 Å². The molecule has 0 fully saturated rings. The summed E-state index contributed by atoms with van der Waals surface area (Å²) in [4.78, 5) is 31.9. The van der Waals surface area contributed by atoms with Gasteiger partial charge in [0, 0.05) is 18.7 Å². The van der Waals surface area contributed by atoms with E-state index in [0.717, 1.165) is 37.0 Å². The number of aromatic nitrogens is 2. The number of hydrogen-bond donors (Lipinski definition) is 1. The molecule has 0 atom stereocenters. The number of benzene rings is 2. The first kappa shape index (κ1) is 20.6. The van der Waals surface area contributed by atoms with Crippen LogP contribution in [-0.4, -0.2) is 39.4 Å². The van der Waals surface area contributed by atoms with Crippen molar-refractivity contribution in [3.63, 3.8) is 0 Å². The summed E-state index contributed by atoms with van der Waals surface area (Å²) in [6, 6.07) is 16.8. The molecule has 0 unspecified atom stereocenters. The van der Waals surface area contributed by atoms with Crippen LogP contribution >= 0.6 is 0 Å². The summed E-state index contributed by atoms with van der Waals surface area (Å²) in [5, 5.41) is 2.92. The van der Waals surface area contributed by atoms with E-state index in [9.17, 15) is 9.59 Å². The Bertz CT molecular complexity index is 959. The van der Waals surface area contributed by atoms with Gasteiger partial charge in [0.2, 0.25) is 5.91 Å². The molecule has 152 valence electrons. The van der Waals surface area contributed by atoms with Crippen molar-refractivity contribution >= 4 is 22.8 Å². The molecule has 3 rings (SSSR count). The van der Waals surface area contributed by atoms with E-state index in [0.29, 0.717) is 11.4 Å². The highest BCUT2D eigenvalue weighted by atomic mass is 16.2. The van der Waals surface area contributed by atoms with Crippen molar-refractivity contribution in [2.24, 2.45) is 0 Å². The molecule has 0 bridgehead atoms. The summed E-state index contributed by atoms with van der Waals surface area (Å²) < 4.78 is 1.92. The molecule has 0 radical (unpaired) electrons. The van der Waals surface area contributed by atoms with Crippen LogP contribution in [0.4, 0.5) is 0 Å². The van der Waals surface area contributed by atoms with E-state index >= 15 is 0 Å². The smallest absolute Gasteiger partial charge is 0.251 e. The Morgan fingerprint density at radius 3 is 2.31 bits per heavy atom. The van der Waals surface area contributed by atoms with E-state index in [1.807, 2.05) is 51.9 Å². The Kier molecular flexibility index (Phi) is 7.00. The van der Waals surface area contributed by atoms with Gasteiger partial charge in [0.25, 0.3) is 5.91 Å². The van der Waals surface area contributed by atoms with Gasteiger partial charge in [0.05, 0.1) is 17.6 Å². The summed E-state index contributed by atoms with van der Waals surface area (Å²) in [5.74, 6) is 0.596. The molecule has 6 heteroatoms. The predicted octanol–water partition coefficient (Wildman–Crippen LogP) is 3.61. The fraction of sp³-hybridized carbons (Fsp3) is 0.348. The van der Waals surface area contributed by atoms with E-state index in [1.165, 1.54) is 0 Å². The molecule has 2 aromatic carbocycles. The quantitative estimate of drug-likeness (QED) is 0.605. The summed E-state index contributed by atoms with van der Waals surface area (Å²) in [7, 11) is 0. The molecular formula is C23H28N4O2. The zero-order valence-corrected chi connectivity index (χ0v) is 17.1. The molecule has 1 aromatic heterocycles. The van der Waals surface area contributed by atoms with Gasteiger partial charge < -0.3 is 14.8 Å². The van der Waals surface area contributed by atoms with Crippen molar-refractivity contribution in [3.05, 3.63) is 66.0 Å². The van der Waals surface area contributed by atoms with Crippen LogP contribution in [0.25, 0.3) is 11.0 Å². The van der Waals surface area contributed by atoms with Crippen molar-refractivity contribution in [2.45, 2.75) is 39.8 Å². The second kappa shape index (κ2) is 9.87. The number of carbonyl (C=O) groups excluding carboxylic acids is 2. The zero-order chi connectivity index (χ0) is 20.6. The number of amides is 2. The van der Waals surface area contributed by atoms with Crippen LogP contribution in [0, 0.1) is 0 Å². The Hall–Kier alpha value is -3.15. The molecule has 0 saturated heterocycles. The van der Waals surface area contributed by atoms with Gasteiger partial charge in [0.15, 0.2) is 0 Å². The lowest BCUT2D eigenvalue weighted by Crippen LogP contribution is -2.35. The second-order valence-corrected chi connectivity index (χ2v) is 7.03. The summed E-state index contributed by atoms with van der Waals surface area (Å²) in [6.07, 6.45) is 1.85. The normalized spacial score (nSPS) is 10.8. The number of fused-ring (bicyclic) bond motifs is 1. The first-order valence-corrected chi connectivity index (χ1v) is 10.2. The molecule has 3 aromatic rings. The monoisotopic (exact) mass is 392 g/mol. The lowest BCUT2D eigenvalue weighted by atomic mass is 10.2. The molecule has 0 aliphatic heterocycles. The molecular weight excluding hydrogens is 364 g/mol. The van der Waals surface area contributed by atoms with Crippen LogP contribution in [0.5, 0.6) is 0 Å². The number of imidazole rings is 1. The molecule has 6 nitrogen and oxygen atoms in total. The number of rotatable bonds is 9. The maximum Gasteiger partial charge on any atom is 0.251 e. The predicted molar refractivity (Wildman–Crippen MR) is 115 cm³/mol. The Labute approximate surface area is 171 Å². The van der Waals surface area contributed by atoms with Crippen molar-refractivity contribution < 1.29 is 9.59 Å². The number of nitrogens with one attached hydrogen (secondary N) is 1. The van der Waals surface area contributed by atoms with Gasteiger partial charge >= 0.3 is 0 Å². The molecule has 1 N–H and O–H groups in total. The lowest BCUT2D eigenvalue weighted by molar-refractivity contribution is -0.131. The highest BCUT2D eigenvalue weighted by Crippen LogP contribution is 2.17. The van der Waals surface area contributed by atoms with Gasteiger partial charge in [0.1, 0.15) is 12.4 Å². The first-order chi connectivity index (χ1) is 14.1.